The first-order valence-electron chi connectivity index (χ1n) is 7.58. The van der Waals surface area contributed by atoms with E-state index in [9.17, 15) is 0 Å². The molecule has 4 rings (SSSR count). The Morgan fingerprint density at radius 1 is 1.19 bits per heavy atom. The molecule has 1 N–H and O–H groups in total. The van der Waals surface area contributed by atoms with E-state index in [1.54, 1.807) is 0 Å². The minimum atomic E-state index is 0.689. The monoisotopic (exact) mass is 299 g/mol. The van der Waals surface area contributed by atoms with Crippen LogP contribution in [-0.2, 0) is 13.0 Å². The van der Waals surface area contributed by atoms with Crippen LogP contribution in [0.4, 0.5) is 0 Å². The van der Waals surface area contributed by atoms with E-state index < -0.39 is 0 Å². The van der Waals surface area contributed by atoms with Crippen LogP contribution in [0.25, 0.3) is 11.1 Å². The summed E-state index contributed by atoms with van der Waals surface area (Å²) in [7, 11) is 0. The van der Waals surface area contributed by atoms with Gasteiger partial charge < -0.3 is 10.1 Å². The van der Waals surface area contributed by atoms with Gasteiger partial charge in [0.2, 0.25) is 0 Å². The molecule has 1 fully saturated rings. The van der Waals surface area contributed by atoms with Crippen molar-refractivity contribution >= 4 is 11.6 Å². The topological polar surface area (TPSA) is 21.3 Å². The van der Waals surface area contributed by atoms with Crippen LogP contribution in [0.5, 0.6) is 5.75 Å². The van der Waals surface area contributed by atoms with Gasteiger partial charge in [-0.1, -0.05) is 35.9 Å². The van der Waals surface area contributed by atoms with Crippen molar-refractivity contribution in [3.8, 4) is 16.9 Å². The summed E-state index contributed by atoms with van der Waals surface area (Å²) in [4.78, 5) is 0. The molecule has 0 atom stereocenters. The van der Waals surface area contributed by atoms with Crippen molar-refractivity contribution in [2.75, 3.05) is 6.61 Å². The fourth-order valence-corrected chi connectivity index (χ4v) is 3.05. The SMILES string of the molecule is Clc1ccc(-c2cccc3c2OCC3)cc1CNC1CC1. The van der Waals surface area contributed by atoms with Crippen LogP contribution in [0.1, 0.15) is 24.0 Å². The van der Waals surface area contributed by atoms with E-state index in [-0.39, 0.29) is 0 Å². The molecular weight excluding hydrogens is 282 g/mol. The third kappa shape index (κ3) is 2.66. The van der Waals surface area contributed by atoms with E-state index in [0.29, 0.717) is 6.04 Å². The van der Waals surface area contributed by atoms with Crippen molar-refractivity contribution in [1.29, 1.82) is 0 Å². The van der Waals surface area contributed by atoms with Crippen LogP contribution in [0, 0.1) is 0 Å². The Labute approximate surface area is 130 Å². The molecule has 0 unspecified atom stereocenters. The maximum Gasteiger partial charge on any atom is 0.130 e. The van der Waals surface area contributed by atoms with Crippen LogP contribution in [-0.4, -0.2) is 12.6 Å². The zero-order chi connectivity index (χ0) is 14.2. The minimum absolute atomic E-state index is 0.689. The maximum atomic E-state index is 6.33. The first-order chi connectivity index (χ1) is 10.3. The Morgan fingerprint density at radius 2 is 2.10 bits per heavy atom. The average molecular weight is 300 g/mol. The maximum absolute atomic E-state index is 6.33. The van der Waals surface area contributed by atoms with Crippen molar-refractivity contribution < 1.29 is 4.74 Å². The summed E-state index contributed by atoms with van der Waals surface area (Å²) in [5.74, 6) is 1.04. The lowest BCUT2D eigenvalue weighted by atomic mass is 9.99. The van der Waals surface area contributed by atoms with Crippen molar-refractivity contribution in [3.05, 3.63) is 52.5 Å². The van der Waals surface area contributed by atoms with Gasteiger partial charge in [0.1, 0.15) is 5.75 Å². The van der Waals surface area contributed by atoms with Gasteiger partial charge in [0.05, 0.1) is 6.61 Å². The van der Waals surface area contributed by atoms with E-state index in [2.05, 4.69) is 35.6 Å². The summed E-state index contributed by atoms with van der Waals surface area (Å²) >= 11 is 6.33. The van der Waals surface area contributed by atoms with Gasteiger partial charge in [-0.3, -0.25) is 0 Å². The molecular formula is C18H18ClNO. The lowest BCUT2D eigenvalue weighted by molar-refractivity contribution is 0.358. The zero-order valence-electron chi connectivity index (χ0n) is 11.9. The molecule has 2 aromatic carbocycles. The number of nitrogens with one attached hydrogen (secondary N) is 1. The van der Waals surface area contributed by atoms with Gasteiger partial charge in [0, 0.05) is 29.6 Å². The van der Waals surface area contributed by atoms with Gasteiger partial charge in [-0.25, -0.2) is 0 Å². The fraction of sp³-hybridized carbons (Fsp3) is 0.333. The molecule has 108 valence electrons. The Hall–Kier alpha value is -1.51. The summed E-state index contributed by atoms with van der Waals surface area (Å²) in [6.07, 6.45) is 3.58. The number of fused-ring (bicyclic) bond motifs is 1. The van der Waals surface area contributed by atoms with Crippen LogP contribution in [0.15, 0.2) is 36.4 Å². The molecule has 0 aromatic heterocycles. The largest absolute Gasteiger partial charge is 0.492 e. The number of ether oxygens (including phenoxy) is 1. The Balaban J connectivity index is 1.68. The molecule has 0 amide bonds. The van der Waals surface area contributed by atoms with Gasteiger partial charge >= 0.3 is 0 Å². The average Bonchev–Trinajstić information content (AvgIpc) is 3.21. The second-order valence-corrected chi connectivity index (χ2v) is 6.26. The molecule has 1 heterocycles. The van der Waals surface area contributed by atoms with Gasteiger partial charge in [0.15, 0.2) is 0 Å². The third-order valence-corrected chi connectivity index (χ3v) is 4.60. The van der Waals surface area contributed by atoms with Crippen molar-refractivity contribution in [3.63, 3.8) is 0 Å². The number of halogens is 1. The second kappa shape index (κ2) is 5.36. The minimum Gasteiger partial charge on any atom is -0.492 e. The molecule has 0 spiro atoms. The van der Waals surface area contributed by atoms with Crippen molar-refractivity contribution in [1.82, 2.24) is 5.32 Å². The second-order valence-electron chi connectivity index (χ2n) is 5.85. The highest BCUT2D eigenvalue weighted by molar-refractivity contribution is 6.31. The normalized spacial score (nSPS) is 16.6. The predicted molar refractivity (Wildman–Crippen MR) is 85.9 cm³/mol. The van der Waals surface area contributed by atoms with Crippen LogP contribution < -0.4 is 10.1 Å². The molecule has 2 aliphatic rings. The Kier molecular flexibility index (Phi) is 3.36. The molecule has 2 nitrogen and oxygen atoms in total. The van der Waals surface area contributed by atoms with E-state index in [1.165, 1.54) is 29.5 Å². The van der Waals surface area contributed by atoms with Crippen LogP contribution in [0.3, 0.4) is 0 Å². The number of hydrogen-bond donors (Lipinski definition) is 1. The molecule has 1 saturated carbocycles. The van der Waals surface area contributed by atoms with Gasteiger partial charge in [-0.15, -0.1) is 0 Å². The van der Waals surface area contributed by atoms with E-state index in [4.69, 9.17) is 16.3 Å². The molecule has 3 heteroatoms. The van der Waals surface area contributed by atoms with Crippen molar-refractivity contribution in [2.45, 2.75) is 31.8 Å². The molecule has 0 saturated heterocycles. The quantitative estimate of drug-likeness (QED) is 0.914. The first kappa shape index (κ1) is 13.2. The van der Waals surface area contributed by atoms with Gasteiger partial charge in [-0.2, -0.15) is 0 Å². The van der Waals surface area contributed by atoms with E-state index in [1.807, 2.05) is 6.07 Å². The predicted octanol–water partition coefficient (Wildman–Crippen LogP) is 4.19. The third-order valence-electron chi connectivity index (χ3n) is 4.23. The summed E-state index contributed by atoms with van der Waals surface area (Å²) in [6, 6.07) is 13.3. The highest BCUT2D eigenvalue weighted by Gasteiger charge is 2.21. The lowest BCUT2D eigenvalue weighted by Gasteiger charge is -2.11. The Morgan fingerprint density at radius 3 is 2.95 bits per heavy atom. The van der Waals surface area contributed by atoms with E-state index in [0.717, 1.165) is 35.9 Å². The molecule has 1 aliphatic carbocycles. The van der Waals surface area contributed by atoms with Crippen molar-refractivity contribution in [2.24, 2.45) is 0 Å². The summed E-state index contributed by atoms with van der Waals surface area (Å²) in [5.41, 5.74) is 4.83. The number of para-hydroxylation sites is 1. The fourth-order valence-electron chi connectivity index (χ4n) is 2.86. The van der Waals surface area contributed by atoms with Crippen LogP contribution >= 0.6 is 11.6 Å². The van der Waals surface area contributed by atoms with Crippen LogP contribution in [0.2, 0.25) is 5.02 Å². The highest BCUT2D eigenvalue weighted by Crippen LogP contribution is 2.37. The van der Waals surface area contributed by atoms with E-state index >= 15 is 0 Å². The molecule has 2 aromatic rings. The number of benzene rings is 2. The highest BCUT2D eigenvalue weighted by atomic mass is 35.5. The summed E-state index contributed by atoms with van der Waals surface area (Å²) < 4.78 is 5.81. The zero-order valence-corrected chi connectivity index (χ0v) is 12.6. The molecule has 0 radical (unpaired) electrons. The smallest absolute Gasteiger partial charge is 0.130 e. The standard InChI is InChI=1S/C18H18ClNO/c19-17-7-4-13(10-14(17)11-20-15-5-6-15)16-3-1-2-12-8-9-21-18(12)16/h1-4,7,10,15,20H,5-6,8-9,11H2. The number of hydrogen-bond acceptors (Lipinski definition) is 2. The Bertz CT molecular complexity index is 679. The molecule has 21 heavy (non-hydrogen) atoms. The van der Waals surface area contributed by atoms with Gasteiger partial charge in [-0.05, 0) is 41.7 Å². The summed E-state index contributed by atoms with van der Waals surface area (Å²) in [5, 5.41) is 4.36. The summed E-state index contributed by atoms with van der Waals surface area (Å²) in [6.45, 7) is 1.63. The van der Waals surface area contributed by atoms with Gasteiger partial charge in [0.25, 0.3) is 0 Å². The number of rotatable bonds is 4. The first-order valence-corrected chi connectivity index (χ1v) is 7.96. The molecule has 0 bridgehead atoms. The lowest BCUT2D eigenvalue weighted by Crippen LogP contribution is -2.15. The molecule has 1 aliphatic heterocycles.